The minimum atomic E-state index is -0.835. The third-order valence-electron chi connectivity index (χ3n) is 3.25. The lowest BCUT2D eigenvalue weighted by Gasteiger charge is -2.05. The maximum Gasteiger partial charge on any atom is 0.266 e. The van der Waals surface area contributed by atoms with Gasteiger partial charge in [-0.15, -0.1) is 0 Å². The van der Waals surface area contributed by atoms with Crippen molar-refractivity contribution >= 4 is 17.7 Å². The van der Waals surface area contributed by atoms with E-state index in [1.54, 1.807) is 18.2 Å². The number of halogens is 2. The molecule has 0 spiro atoms. The van der Waals surface area contributed by atoms with E-state index in [4.69, 9.17) is 5.26 Å². The summed E-state index contributed by atoms with van der Waals surface area (Å²) in [7, 11) is 0. The normalized spacial score (nSPS) is 11.0. The molecule has 0 heterocycles. The average molecular weight is 312 g/mol. The first-order chi connectivity index (χ1) is 11.0. The molecule has 1 N–H and O–H groups in total. The fourth-order valence-corrected chi connectivity index (χ4v) is 1.94. The highest BCUT2D eigenvalue weighted by atomic mass is 19.1. The van der Waals surface area contributed by atoms with Gasteiger partial charge in [-0.3, -0.25) is 4.79 Å². The van der Waals surface area contributed by atoms with Gasteiger partial charge in [0.1, 0.15) is 23.3 Å². The Morgan fingerprint density at radius 2 is 1.91 bits per heavy atom. The number of anilines is 1. The van der Waals surface area contributed by atoms with E-state index in [0.717, 1.165) is 24.1 Å². The molecule has 0 bridgehead atoms. The van der Waals surface area contributed by atoms with Gasteiger partial charge < -0.3 is 5.32 Å². The van der Waals surface area contributed by atoms with Crippen LogP contribution < -0.4 is 5.32 Å². The average Bonchev–Trinajstić information content (AvgIpc) is 2.54. The first kappa shape index (κ1) is 16.4. The summed E-state index contributed by atoms with van der Waals surface area (Å²) in [5.74, 6) is -2.21. The van der Waals surface area contributed by atoms with Gasteiger partial charge in [-0.1, -0.05) is 19.1 Å². The summed E-state index contributed by atoms with van der Waals surface area (Å²) in [5, 5.41) is 11.7. The van der Waals surface area contributed by atoms with Crippen LogP contribution in [0, 0.1) is 23.0 Å². The largest absolute Gasteiger partial charge is 0.321 e. The quantitative estimate of drug-likeness (QED) is 0.683. The highest BCUT2D eigenvalue weighted by molar-refractivity contribution is 6.09. The fourth-order valence-electron chi connectivity index (χ4n) is 1.94. The predicted octanol–water partition coefficient (Wildman–Crippen LogP) is 4.07. The Hall–Kier alpha value is -3.00. The zero-order chi connectivity index (χ0) is 16.8. The van der Waals surface area contributed by atoms with Crippen molar-refractivity contribution in [2.45, 2.75) is 13.3 Å². The van der Waals surface area contributed by atoms with Crippen LogP contribution in [-0.4, -0.2) is 5.91 Å². The summed E-state index contributed by atoms with van der Waals surface area (Å²) < 4.78 is 26.5. The Morgan fingerprint density at radius 3 is 2.48 bits per heavy atom. The van der Waals surface area contributed by atoms with E-state index < -0.39 is 17.5 Å². The lowest BCUT2D eigenvalue weighted by Crippen LogP contribution is -2.13. The van der Waals surface area contributed by atoms with E-state index in [2.05, 4.69) is 5.32 Å². The number of amides is 1. The number of nitrogens with zero attached hydrogens (tertiary/aromatic N) is 1. The molecule has 0 aromatic heterocycles. The van der Waals surface area contributed by atoms with E-state index in [1.165, 1.54) is 6.07 Å². The van der Waals surface area contributed by atoms with Gasteiger partial charge in [0, 0.05) is 17.3 Å². The highest BCUT2D eigenvalue weighted by Crippen LogP contribution is 2.15. The Morgan fingerprint density at radius 1 is 1.22 bits per heavy atom. The summed E-state index contributed by atoms with van der Waals surface area (Å²) in [5.41, 5.74) is 1.36. The van der Waals surface area contributed by atoms with Crippen molar-refractivity contribution in [1.29, 1.82) is 5.26 Å². The number of aryl methyl sites for hydroxylation is 1. The van der Waals surface area contributed by atoms with Gasteiger partial charge in [-0.2, -0.15) is 5.26 Å². The van der Waals surface area contributed by atoms with Crippen molar-refractivity contribution in [3.63, 3.8) is 0 Å². The molecular formula is C18H14F2N2O. The molecule has 0 aliphatic rings. The molecule has 0 fully saturated rings. The van der Waals surface area contributed by atoms with Crippen LogP contribution in [-0.2, 0) is 11.2 Å². The molecule has 1 amide bonds. The van der Waals surface area contributed by atoms with Crippen LogP contribution in [0.3, 0.4) is 0 Å². The van der Waals surface area contributed by atoms with Crippen LogP contribution in [0.15, 0.2) is 48.0 Å². The van der Waals surface area contributed by atoms with E-state index in [9.17, 15) is 13.6 Å². The minimum absolute atomic E-state index is 0.0283. The number of carbonyl (C=O) groups excluding carboxylic acids is 1. The van der Waals surface area contributed by atoms with E-state index >= 15 is 0 Å². The van der Waals surface area contributed by atoms with Crippen molar-refractivity contribution < 1.29 is 13.6 Å². The monoisotopic (exact) mass is 312 g/mol. The molecule has 2 rings (SSSR count). The topological polar surface area (TPSA) is 52.9 Å². The van der Waals surface area contributed by atoms with Crippen molar-refractivity contribution in [3.05, 3.63) is 70.8 Å². The van der Waals surface area contributed by atoms with Crippen molar-refractivity contribution in [3.8, 4) is 6.07 Å². The molecule has 0 unspecified atom stereocenters. The van der Waals surface area contributed by atoms with Crippen LogP contribution in [0.5, 0.6) is 0 Å². The fraction of sp³-hybridized carbons (Fsp3) is 0.111. The zero-order valence-corrected chi connectivity index (χ0v) is 12.4. The van der Waals surface area contributed by atoms with Crippen LogP contribution >= 0.6 is 0 Å². The molecule has 23 heavy (non-hydrogen) atoms. The summed E-state index contributed by atoms with van der Waals surface area (Å²) in [4.78, 5) is 12.1. The molecule has 5 heteroatoms. The summed E-state index contributed by atoms with van der Waals surface area (Å²) in [6.07, 6.45) is 1.96. The lowest BCUT2D eigenvalue weighted by atomic mass is 10.1. The SMILES string of the molecule is CCc1ccc(NC(=O)/C(C#N)=C/c2ccc(F)cc2F)cc1. The van der Waals surface area contributed by atoms with Crippen molar-refractivity contribution in [1.82, 2.24) is 0 Å². The number of rotatable bonds is 4. The summed E-state index contributed by atoms with van der Waals surface area (Å²) in [6.45, 7) is 2.02. The first-order valence-corrected chi connectivity index (χ1v) is 7.00. The van der Waals surface area contributed by atoms with Gasteiger partial charge in [0.25, 0.3) is 5.91 Å². The Balaban J connectivity index is 2.20. The maximum atomic E-state index is 13.6. The van der Waals surface area contributed by atoms with Gasteiger partial charge >= 0.3 is 0 Å². The second-order valence-corrected chi connectivity index (χ2v) is 4.84. The van der Waals surface area contributed by atoms with Crippen molar-refractivity contribution in [2.75, 3.05) is 5.32 Å². The van der Waals surface area contributed by atoms with Crippen LogP contribution in [0.4, 0.5) is 14.5 Å². The lowest BCUT2D eigenvalue weighted by molar-refractivity contribution is -0.112. The molecule has 0 saturated carbocycles. The maximum absolute atomic E-state index is 13.6. The standard InChI is InChI=1S/C18H14F2N2O/c1-2-12-3-7-16(8-4-12)22-18(23)14(11-21)9-13-5-6-15(19)10-17(13)20/h3-10H,2H2,1H3,(H,22,23)/b14-9+. The number of nitriles is 1. The molecule has 3 nitrogen and oxygen atoms in total. The van der Waals surface area contributed by atoms with Gasteiger partial charge in [-0.05, 0) is 42.3 Å². The Kier molecular flexibility index (Phi) is 5.21. The molecule has 2 aromatic rings. The predicted molar refractivity (Wildman–Crippen MR) is 84.4 cm³/mol. The van der Waals surface area contributed by atoms with Crippen LogP contribution in [0.1, 0.15) is 18.1 Å². The summed E-state index contributed by atoms with van der Waals surface area (Å²) in [6, 6.07) is 11.8. The van der Waals surface area contributed by atoms with Gasteiger partial charge in [-0.25, -0.2) is 8.78 Å². The first-order valence-electron chi connectivity index (χ1n) is 7.00. The van der Waals surface area contributed by atoms with Crippen LogP contribution in [0.25, 0.3) is 6.08 Å². The van der Waals surface area contributed by atoms with E-state index in [1.807, 2.05) is 19.1 Å². The minimum Gasteiger partial charge on any atom is -0.321 e. The molecule has 116 valence electrons. The third-order valence-corrected chi connectivity index (χ3v) is 3.25. The van der Waals surface area contributed by atoms with Gasteiger partial charge in [0.05, 0.1) is 0 Å². The van der Waals surface area contributed by atoms with Gasteiger partial charge in [0.15, 0.2) is 0 Å². The molecular weight excluding hydrogens is 298 g/mol. The smallest absolute Gasteiger partial charge is 0.266 e. The van der Waals surface area contributed by atoms with Gasteiger partial charge in [0.2, 0.25) is 0 Å². The molecule has 2 aromatic carbocycles. The molecule has 0 aliphatic carbocycles. The second kappa shape index (κ2) is 7.32. The van der Waals surface area contributed by atoms with Crippen LogP contribution in [0.2, 0.25) is 0 Å². The molecule has 0 aliphatic heterocycles. The summed E-state index contributed by atoms with van der Waals surface area (Å²) >= 11 is 0. The number of hydrogen-bond donors (Lipinski definition) is 1. The third kappa shape index (κ3) is 4.24. The Labute approximate surface area is 132 Å². The zero-order valence-electron chi connectivity index (χ0n) is 12.4. The number of hydrogen-bond acceptors (Lipinski definition) is 2. The molecule has 0 radical (unpaired) electrons. The highest BCUT2D eigenvalue weighted by Gasteiger charge is 2.11. The number of nitrogens with one attached hydrogen (secondary N) is 1. The van der Waals surface area contributed by atoms with E-state index in [-0.39, 0.29) is 11.1 Å². The Bertz CT molecular complexity index is 790. The second-order valence-electron chi connectivity index (χ2n) is 4.84. The van der Waals surface area contributed by atoms with E-state index in [0.29, 0.717) is 11.8 Å². The number of carbonyl (C=O) groups is 1. The molecule has 0 saturated heterocycles. The van der Waals surface area contributed by atoms with Crippen molar-refractivity contribution in [2.24, 2.45) is 0 Å². The molecule has 0 atom stereocenters. The number of benzene rings is 2.